The number of nitrogens with one attached hydrogen (secondary N) is 1. The first-order valence-corrected chi connectivity index (χ1v) is 6.22. The number of aromatic nitrogens is 1. The standard InChI is InChI=1S/C13H19N3O2/c1-10-8-16(11(2)6-15-10)13(17)9-18-12-4-3-5-14-7-12/h3-5,7,10-11,15H,6,8-9H2,1-2H3. The minimum Gasteiger partial charge on any atom is -0.482 e. The van der Waals surface area contributed by atoms with Crippen molar-refractivity contribution in [3.63, 3.8) is 0 Å². The van der Waals surface area contributed by atoms with Crippen LogP contribution in [-0.4, -0.2) is 47.6 Å². The van der Waals surface area contributed by atoms with E-state index in [-0.39, 0.29) is 18.6 Å². The van der Waals surface area contributed by atoms with E-state index in [1.165, 1.54) is 0 Å². The van der Waals surface area contributed by atoms with Gasteiger partial charge in [0.15, 0.2) is 6.61 Å². The zero-order valence-electron chi connectivity index (χ0n) is 10.8. The molecule has 0 radical (unpaired) electrons. The molecule has 1 aliphatic rings. The first-order chi connectivity index (χ1) is 8.66. The number of carbonyl (C=O) groups is 1. The van der Waals surface area contributed by atoms with Gasteiger partial charge in [0.05, 0.1) is 6.20 Å². The summed E-state index contributed by atoms with van der Waals surface area (Å²) < 4.78 is 5.43. The maximum atomic E-state index is 12.1. The Balaban J connectivity index is 1.87. The third kappa shape index (κ3) is 3.20. The summed E-state index contributed by atoms with van der Waals surface area (Å²) in [7, 11) is 0. The lowest BCUT2D eigenvalue weighted by Gasteiger charge is -2.37. The van der Waals surface area contributed by atoms with Crippen molar-refractivity contribution in [1.82, 2.24) is 15.2 Å². The number of rotatable bonds is 3. The molecule has 0 bridgehead atoms. The number of piperazine rings is 1. The van der Waals surface area contributed by atoms with Crippen LogP contribution in [0, 0.1) is 0 Å². The monoisotopic (exact) mass is 249 g/mol. The van der Waals surface area contributed by atoms with Crippen molar-refractivity contribution in [3.05, 3.63) is 24.5 Å². The Morgan fingerprint density at radius 1 is 1.61 bits per heavy atom. The van der Waals surface area contributed by atoms with Gasteiger partial charge in [0.1, 0.15) is 5.75 Å². The lowest BCUT2D eigenvalue weighted by molar-refractivity contribution is -0.136. The Morgan fingerprint density at radius 2 is 2.44 bits per heavy atom. The second kappa shape index (κ2) is 5.82. The third-order valence-electron chi connectivity index (χ3n) is 3.08. The predicted octanol–water partition coefficient (Wildman–Crippen LogP) is 0.669. The molecule has 1 saturated heterocycles. The van der Waals surface area contributed by atoms with Crippen LogP contribution in [0.25, 0.3) is 0 Å². The molecular weight excluding hydrogens is 230 g/mol. The molecule has 2 unspecified atom stereocenters. The summed E-state index contributed by atoms with van der Waals surface area (Å²) >= 11 is 0. The van der Waals surface area contributed by atoms with Gasteiger partial charge in [-0.2, -0.15) is 0 Å². The summed E-state index contributed by atoms with van der Waals surface area (Å²) in [5, 5.41) is 3.35. The van der Waals surface area contributed by atoms with Gasteiger partial charge in [-0.25, -0.2) is 0 Å². The highest BCUT2D eigenvalue weighted by atomic mass is 16.5. The lowest BCUT2D eigenvalue weighted by Crippen LogP contribution is -2.57. The highest BCUT2D eigenvalue weighted by Gasteiger charge is 2.26. The second-order valence-electron chi connectivity index (χ2n) is 4.68. The van der Waals surface area contributed by atoms with Crippen LogP contribution < -0.4 is 10.1 Å². The maximum absolute atomic E-state index is 12.1. The molecule has 0 spiro atoms. The Bertz CT molecular complexity index is 396. The Hall–Kier alpha value is -1.62. The Labute approximate surface area is 107 Å². The molecule has 1 aromatic heterocycles. The van der Waals surface area contributed by atoms with E-state index in [0.29, 0.717) is 11.8 Å². The van der Waals surface area contributed by atoms with Gasteiger partial charge in [0.2, 0.25) is 0 Å². The minimum absolute atomic E-state index is 0.0275. The summed E-state index contributed by atoms with van der Waals surface area (Å²) in [6.07, 6.45) is 3.28. The first kappa shape index (κ1) is 12.8. The zero-order chi connectivity index (χ0) is 13.0. The second-order valence-corrected chi connectivity index (χ2v) is 4.68. The number of carbonyl (C=O) groups excluding carboxylic acids is 1. The quantitative estimate of drug-likeness (QED) is 0.855. The highest BCUT2D eigenvalue weighted by molar-refractivity contribution is 5.78. The van der Waals surface area contributed by atoms with Gasteiger partial charge >= 0.3 is 0 Å². The van der Waals surface area contributed by atoms with E-state index in [0.717, 1.165) is 13.1 Å². The first-order valence-electron chi connectivity index (χ1n) is 6.22. The maximum Gasteiger partial charge on any atom is 0.260 e. The molecule has 2 atom stereocenters. The fourth-order valence-electron chi connectivity index (χ4n) is 2.03. The highest BCUT2D eigenvalue weighted by Crippen LogP contribution is 2.09. The van der Waals surface area contributed by atoms with Gasteiger partial charge in [0.25, 0.3) is 5.91 Å². The molecule has 5 heteroatoms. The van der Waals surface area contributed by atoms with Crippen LogP contribution in [0.3, 0.4) is 0 Å². The molecule has 5 nitrogen and oxygen atoms in total. The van der Waals surface area contributed by atoms with Crippen LogP contribution in [0.5, 0.6) is 5.75 Å². The van der Waals surface area contributed by atoms with E-state index in [1.807, 2.05) is 11.8 Å². The molecule has 1 aliphatic heterocycles. The summed E-state index contributed by atoms with van der Waals surface area (Å²) in [5.41, 5.74) is 0. The van der Waals surface area contributed by atoms with E-state index >= 15 is 0 Å². The van der Waals surface area contributed by atoms with Crippen molar-refractivity contribution < 1.29 is 9.53 Å². The molecule has 0 saturated carbocycles. The largest absolute Gasteiger partial charge is 0.482 e. The predicted molar refractivity (Wildman–Crippen MR) is 68.4 cm³/mol. The van der Waals surface area contributed by atoms with Crippen molar-refractivity contribution in [2.45, 2.75) is 25.9 Å². The molecule has 0 aromatic carbocycles. The summed E-state index contributed by atoms with van der Waals surface area (Å²) in [4.78, 5) is 17.9. The topological polar surface area (TPSA) is 54.5 Å². The smallest absolute Gasteiger partial charge is 0.260 e. The summed E-state index contributed by atoms with van der Waals surface area (Å²) in [6.45, 7) is 5.76. The molecule has 18 heavy (non-hydrogen) atoms. The van der Waals surface area contributed by atoms with E-state index in [9.17, 15) is 4.79 Å². The van der Waals surface area contributed by atoms with Crippen LogP contribution in [0.15, 0.2) is 24.5 Å². The molecule has 0 aliphatic carbocycles. The molecule has 1 fully saturated rings. The summed E-state index contributed by atoms with van der Waals surface area (Å²) in [6, 6.07) is 4.13. The fourth-order valence-corrected chi connectivity index (χ4v) is 2.03. The van der Waals surface area contributed by atoms with Crippen molar-refractivity contribution in [3.8, 4) is 5.75 Å². The molecule has 2 heterocycles. The third-order valence-corrected chi connectivity index (χ3v) is 3.08. The van der Waals surface area contributed by atoms with Crippen LogP contribution in [0.4, 0.5) is 0 Å². The van der Waals surface area contributed by atoms with Gasteiger partial charge in [-0.3, -0.25) is 9.78 Å². The number of amides is 1. The van der Waals surface area contributed by atoms with Gasteiger partial charge in [-0.05, 0) is 26.0 Å². The number of pyridine rings is 1. The van der Waals surface area contributed by atoms with Crippen LogP contribution in [0.1, 0.15) is 13.8 Å². The molecule has 1 N–H and O–H groups in total. The minimum atomic E-state index is 0.0275. The van der Waals surface area contributed by atoms with Gasteiger partial charge in [-0.1, -0.05) is 0 Å². The number of hydrogen-bond acceptors (Lipinski definition) is 4. The zero-order valence-corrected chi connectivity index (χ0v) is 10.8. The number of hydrogen-bond donors (Lipinski definition) is 1. The lowest BCUT2D eigenvalue weighted by atomic mass is 10.1. The Morgan fingerprint density at radius 3 is 3.17 bits per heavy atom. The van der Waals surface area contributed by atoms with Crippen molar-refractivity contribution in [1.29, 1.82) is 0 Å². The average Bonchev–Trinajstić information content (AvgIpc) is 2.40. The molecule has 98 valence electrons. The van der Waals surface area contributed by atoms with Crippen LogP contribution in [0.2, 0.25) is 0 Å². The molecule has 1 aromatic rings. The van der Waals surface area contributed by atoms with Crippen molar-refractivity contribution >= 4 is 5.91 Å². The average molecular weight is 249 g/mol. The summed E-state index contributed by atoms with van der Waals surface area (Å²) in [5.74, 6) is 0.654. The van der Waals surface area contributed by atoms with E-state index in [1.54, 1.807) is 24.5 Å². The van der Waals surface area contributed by atoms with Crippen LogP contribution in [-0.2, 0) is 4.79 Å². The van der Waals surface area contributed by atoms with E-state index in [4.69, 9.17) is 4.74 Å². The van der Waals surface area contributed by atoms with Gasteiger partial charge < -0.3 is 15.0 Å². The fraction of sp³-hybridized carbons (Fsp3) is 0.538. The van der Waals surface area contributed by atoms with Gasteiger partial charge in [0, 0.05) is 31.4 Å². The molecular formula is C13H19N3O2. The van der Waals surface area contributed by atoms with Crippen molar-refractivity contribution in [2.24, 2.45) is 0 Å². The Kier molecular flexibility index (Phi) is 4.15. The van der Waals surface area contributed by atoms with Crippen LogP contribution >= 0.6 is 0 Å². The van der Waals surface area contributed by atoms with Crippen molar-refractivity contribution in [2.75, 3.05) is 19.7 Å². The normalized spacial score (nSPS) is 23.8. The molecule has 1 amide bonds. The van der Waals surface area contributed by atoms with E-state index in [2.05, 4.69) is 17.2 Å². The SMILES string of the molecule is CC1CN(C(=O)COc2cccnc2)C(C)CN1. The van der Waals surface area contributed by atoms with Gasteiger partial charge in [-0.15, -0.1) is 0 Å². The molecule has 2 rings (SSSR count). The number of ether oxygens (including phenoxy) is 1. The number of nitrogens with zero attached hydrogens (tertiary/aromatic N) is 2. The van der Waals surface area contributed by atoms with E-state index < -0.39 is 0 Å².